The number of anilines is 1. The minimum absolute atomic E-state index is 0.111. The van der Waals surface area contributed by atoms with Gasteiger partial charge in [0.05, 0.1) is 24.7 Å². The van der Waals surface area contributed by atoms with Crippen molar-refractivity contribution in [3.63, 3.8) is 0 Å². The molecule has 8 nitrogen and oxygen atoms in total. The number of nitrogens with one attached hydrogen (secondary N) is 1. The molecule has 1 aliphatic heterocycles. The van der Waals surface area contributed by atoms with Crippen molar-refractivity contribution in [2.45, 2.75) is 23.6 Å². The zero-order valence-corrected chi connectivity index (χ0v) is 19.4. The summed E-state index contributed by atoms with van der Waals surface area (Å²) in [5, 5.41) is 10.1. The summed E-state index contributed by atoms with van der Waals surface area (Å²) < 4.78 is 38.6. The van der Waals surface area contributed by atoms with E-state index in [-0.39, 0.29) is 24.0 Å². The second-order valence-corrected chi connectivity index (χ2v) is 9.57. The van der Waals surface area contributed by atoms with Gasteiger partial charge in [-0.2, -0.15) is 0 Å². The zero-order chi connectivity index (χ0) is 24.1. The third-order valence-electron chi connectivity index (χ3n) is 5.70. The molecule has 0 aromatic heterocycles. The van der Waals surface area contributed by atoms with E-state index in [9.17, 15) is 18.3 Å². The van der Waals surface area contributed by atoms with Gasteiger partial charge in [0.25, 0.3) is 10.0 Å². The van der Waals surface area contributed by atoms with E-state index in [4.69, 9.17) is 9.47 Å². The third-order valence-corrected chi connectivity index (χ3v) is 7.10. The van der Waals surface area contributed by atoms with Crippen LogP contribution in [0.25, 0.3) is 0 Å². The first-order valence-electron chi connectivity index (χ1n) is 10.7. The number of morpholine rings is 1. The number of hydrogen-bond donors (Lipinski definition) is 2. The first kappa shape index (κ1) is 23.7. The minimum atomic E-state index is -3.71. The van der Waals surface area contributed by atoms with E-state index in [1.54, 1.807) is 54.5 Å². The van der Waals surface area contributed by atoms with Crippen LogP contribution in [0.2, 0.25) is 0 Å². The molecule has 4 rings (SSSR count). The van der Waals surface area contributed by atoms with Crippen molar-refractivity contribution >= 4 is 21.6 Å². The van der Waals surface area contributed by atoms with E-state index in [1.807, 2.05) is 24.3 Å². The highest BCUT2D eigenvalue weighted by molar-refractivity contribution is 7.92. The lowest BCUT2D eigenvalue weighted by molar-refractivity contribution is -0.162. The van der Waals surface area contributed by atoms with Crippen LogP contribution in [0.1, 0.15) is 17.2 Å². The molecule has 1 aliphatic rings. The molecule has 34 heavy (non-hydrogen) atoms. The fourth-order valence-electron chi connectivity index (χ4n) is 3.90. The lowest BCUT2D eigenvalue weighted by atomic mass is 9.98. The van der Waals surface area contributed by atoms with Gasteiger partial charge in [-0.1, -0.05) is 42.5 Å². The number of benzene rings is 3. The Kier molecular flexibility index (Phi) is 7.16. The van der Waals surface area contributed by atoms with Crippen molar-refractivity contribution < 1.29 is 27.8 Å². The molecule has 0 aliphatic carbocycles. The smallest absolute Gasteiger partial charge is 0.261 e. The monoisotopic (exact) mass is 482 g/mol. The number of rotatable bonds is 8. The Hall–Kier alpha value is -3.40. The molecule has 9 heteroatoms. The number of hydrogen-bond acceptors (Lipinski definition) is 6. The highest BCUT2D eigenvalue weighted by atomic mass is 32.2. The molecule has 2 N–H and O–H groups in total. The Morgan fingerprint density at radius 2 is 1.71 bits per heavy atom. The van der Waals surface area contributed by atoms with Gasteiger partial charge in [0, 0.05) is 12.2 Å². The minimum Gasteiger partial charge on any atom is -0.497 e. The van der Waals surface area contributed by atoms with Crippen LogP contribution >= 0.6 is 0 Å². The number of carbonyl (C=O) groups is 1. The van der Waals surface area contributed by atoms with E-state index in [0.29, 0.717) is 12.2 Å². The molecule has 1 fully saturated rings. The third kappa shape index (κ3) is 5.22. The van der Waals surface area contributed by atoms with Crippen LogP contribution < -0.4 is 9.46 Å². The molecular weight excluding hydrogens is 456 g/mol. The highest BCUT2D eigenvalue weighted by Gasteiger charge is 2.37. The number of carbonyl (C=O) groups excluding carboxylic acids is 1. The molecule has 178 valence electrons. The Morgan fingerprint density at radius 1 is 1.03 bits per heavy atom. The SMILES string of the molecule is COc1ccc(CN2C(=O)COC(c3ccc(NS(=O)(=O)c4ccccc4)cc3)C2CO)cc1. The molecule has 1 amide bonds. The van der Waals surface area contributed by atoms with Gasteiger partial charge in [0.1, 0.15) is 18.5 Å². The number of sulfonamides is 1. The van der Waals surface area contributed by atoms with Crippen LogP contribution in [0.3, 0.4) is 0 Å². The summed E-state index contributed by atoms with van der Waals surface area (Å²) in [5.74, 6) is 0.509. The van der Waals surface area contributed by atoms with E-state index in [1.165, 1.54) is 12.1 Å². The molecule has 0 bridgehead atoms. The van der Waals surface area contributed by atoms with Gasteiger partial charge in [-0.15, -0.1) is 0 Å². The molecular formula is C25H26N2O6S. The normalized spacial score (nSPS) is 18.5. The molecule has 2 atom stereocenters. The van der Waals surface area contributed by atoms with Gasteiger partial charge in [0.2, 0.25) is 5.91 Å². The maximum absolute atomic E-state index is 12.6. The average Bonchev–Trinajstić information content (AvgIpc) is 2.86. The van der Waals surface area contributed by atoms with Crippen molar-refractivity contribution in [2.24, 2.45) is 0 Å². The van der Waals surface area contributed by atoms with Crippen LogP contribution in [0.15, 0.2) is 83.8 Å². The van der Waals surface area contributed by atoms with Gasteiger partial charge >= 0.3 is 0 Å². The molecule has 1 heterocycles. The van der Waals surface area contributed by atoms with Crippen LogP contribution in [-0.2, 0) is 26.1 Å². The molecule has 1 saturated heterocycles. The molecule has 3 aromatic carbocycles. The van der Waals surface area contributed by atoms with Crippen molar-refractivity contribution in [3.05, 3.63) is 90.0 Å². The number of aliphatic hydroxyl groups excluding tert-OH is 1. The summed E-state index contributed by atoms with van der Waals surface area (Å²) in [4.78, 5) is 14.4. The van der Waals surface area contributed by atoms with Crippen LogP contribution in [0, 0.1) is 0 Å². The maximum atomic E-state index is 12.6. The van der Waals surface area contributed by atoms with Crippen molar-refractivity contribution in [2.75, 3.05) is 25.0 Å². The fraction of sp³-hybridized carbons (Fsp3) is 0.240. The summed E-state index contributed by atoms with van der Waals surface area (Å²) in [7, 11) is -2.12. The summed E-state index contributed by atoms with van der Waals surface area (Å²) in [6, 6.07) is 21.6. The summed E-state index contributed by atoms with van der Waals surface area (Å²) in [6.45, 7) is -0.0719. The van der Waals surface area contributed by atoms with Gasteiger partial charge in [-0.3, -0.25) is 9.52 Å². The van der Waals surface area contributed by atoms with Gasteiger partial charge in [-0.25, -0.2) is 8.42 Å². The fourth-order valence-corrected chi connectivity index (χ4v) is 4.98. The van der Waals surface area contributed by atoms with E-state index in [2.05, 4.69) is 4.72 Å². The average molecular weight is 483 g/mol. The van der Waals surface area contributed by atoms with Gasteiger partial charge < -0.3 is 19.5 Å². The zero-order valence-electron chi connectivity index (χ0n) is 18.6. The Labute approximate surface area is 198 Å². The lowest BCUT2D eigenvalue weighted by Crippen LogP contribution is -2.52. The quantitative estimate of drug-likeness (QED) is 0.512. The highest BCUT2D eigenvalue weighted by Crippen LogP contribution is 2.31. The predicted octanol–water partition coefficient (Wildman–Crippen LogP) is 2.96. The van der Waals surface area contributed by atoms with Gasteiger partial charge in [0.15, 0.2) is 0 Å². The maximum Gasteiger partial charge on any atom is 0.261 e. The second kappa shape index (κ2) is 10.3. The summed E-state index contributed by atoms with van der Waals surface area (Å²) in [6.07, 6.45) is -0.555. The van der Waals surface area contributed by atoms with E-state index in [0.717, 1.165) is 16.9 Å². The topological polar surface area (TPSA) is 105 Å². The van der Waals surface area contributed by atoms with Crippen LogP contribution in [0.5, 0.6) is 5.75 Å². The number of ether oxygens (including phenoxy) is 2. The summed E-state index contributed by atoms with van der Waals surface area (Å²) in [5.41, 5.74) is 2.03. The first-order chi connectivity index (χ1) is 16.4. The molecule has 2 unspecified atom stereocenters. The predicted molar refractivity (Wildman–Crippen MR) is 127 cm³/mol. The lowest BCUT2D eigenvalue weighted by Gasteiger charge is -2.40. The van der Waals surface area contributed by atoms with Crippen LogP contribution in [0.4, 0.5) is 5.69 Å². The second-order valence-electron chi connectivity index (χ2n) is 7.89. The van der Waals surface area contributed by atoms with Crippen molar-refractivity contribution in [3.8, 4) is 5.75 Å². The molecule has 0 radical (unpaired) electrons. The Balaban J connectivity index is 1.50. The van der Waals surface area contributed by atoms with Crippen LogP contribution in [-0.4, -0.2) is 50.7 Å². The first-order valence-corrected chi connectivity index (χ1v) is 12.2. The standard InChI is InChI=1S/C25H26N2O6S/c1-32-21-13-7-18(8-14-21)15-27-23(16-28)25(33-17-24(27)29)19-9-11-20(12-10-19)26-34(30,31)22-5-3-2-4-6-22/h2-14,23,25-26,28H,15-17H2,1H3. The van der Waals surface area contributed by atoms with E-state index < -0.39 is 22.2 Å². The number of methoxy groups -OCH3 is 1. The molecule has 0 saturated carbocycles. The van der Waals surface area contributed by atoms with Crippen molar-refractivity contribution in [1.82, 2.24) is 4.90 Å². The number of nitrogens with zero attached hydrogens (tertiary/aromatic N) is 1. The van der Waals surface area contributed by atoms with Crippen molar-refractivity contribution in [1.29, 1.82) is 0 Å². The number of amides is 1. The molecule has 3 aromatic rings. The summed E-state index contributed by atoms with van der Waals surface area (Å²) >= 11 is 0. The Bertz CT molecular complexity index is 1210. The largest absolute Gasteiger partial charge is 0.497 e. The molecule has 0 spiro atoms. The number of aliphatic hydroxyl groups is 1. The van der Waals surface area contributed by atoms with Gasteiger partial charge in [-0.05, 0) is 47.5 Å². The van der Waals surface area contributed by atoms with E-state index >= 15 is 0 Å². The Morgan fingerprint density at radius 3 is 2.32 bits per heavy atom.